The lowest BCUT2D eigenvalue weighted by molar-refractivity contribution is 0.0767. The largest absolute Gasteiger partial charge is 0.337 e. The molecule has 0 radical (unpaired) electrons. The van der Waals surface area contributed by atoms with E-state index in [0.717, 1.165) is 0 Å². The van der Waals surface area contributed by atoms with Gasteiger partial charge >= 0.3 is 0 Å². The molecule has 0 bridgehead atoms. The van der Waals surface area contributed by atoms with E-state index in [1.54, 1.807) is 17.2 Å². The van der Waals surface area contributed by atoms with Gasteiger partial charge in [-0.3, -0.25) is 4.79 Å². The molecule has 0 unspecified atom stereocenters. The SMILES string of the molecule is CCN(CC)C(=O)c1c#cccn1. The van der Waals surface area contributed by atoms with Crippen molar-refractivity contribution in [3.05, 3.63) is 30.1 Å². The van der Waals surface area contributed by atoms with E-state index in [2.05, 4.69) is 17.1 Å². The summed E-state index contributed by atoms with van der Waals surface area (Å²) in [4.78, 5) is 17.2. The molecule has 1 heterocycles. The van der Waals surface area contributed by atoms with Crippen molar-refractivity contribution in [2.24, 2.45) is 0 Å². The lowest BCUT2D eigenvalue weighted by Crippen LogP contribution is -2.30. The molecule has 0 saturated carbocycles. The number of nitrogens with zero attached hydrogens (tertiary/aromatic N) is 2. The molecular weight excluding hydrogens is 164 g/mol. The van der Waals surface area contributed by atoms with E-state index < -0.39 is 0 Å². The molecule has 0 aliphatic rings. The molecule has 1 aromatic rings. The van der Waals surface area contributed by atoms with E-state index in [-0.39, 0.29) is 5.91 Å². The van der Waals surface area contributed by atoms with Crippen LogP contribution in [0.3, 0.4) is 0 Å². The van der Waals surface area contributed by atoms with E-state index >= 15 is 0 Å². The summed E-state index contributed by atoms with van der Waals surface area (Å²) in [6, 6.07) is 7.02. The maximum Gasteiger partial charge on any atom is 0.281 e. The Hall–Kier alpha value is -1.56. The highest BCUT2D eigenvalue weighted by molar-refractivity contribution is 5.91. The molecule has 3 heteroatoms. The molecule has 0 saturated heterocycles. The number of hydrogen-bond donors (Lipinski definition) is 0. The number of rotatable bonds is 3. The summed E-state index contributed by atoms with van der Waals surface area (Å²) in [6.45, 7) is 5.27. The molecule has 0 N–H and O–H groups in total. The summed E-state index contributed by atoms with van der Waals surface area (Å²) in [6.07, 6.45) is 1.55. The summed E-state index contributed by atoms with van der Waals surface area (Å²) in [5, 5.41) is 0. The molecular formula is C10H12N2O. The van der Waals surface area contributed by atoms with Crippen molar-refractivity contribution in [2.45, 2.75) is 13.8 Å². The fourth-order valence-electron chi connectivity index (χ4n) is 1.06. The first kappa shape index (κ1) is 9.53. The molecule has 0 spiro atoms. The molecule has 3 nitrogen and oxygen atoms in total. The van der Waals surface area contributed by atoms with E-state index in [4.69, 9.17) is 0 Å². The van der Waals surface area contributed by atoms with Gasteiger partial charge in [0.05, 0.1) is 0 Å². The smallest absolute Gasteiger partial charge is 0.281 e. The first-order valence-corrected chi connectivity index (χ1v) is 4.33. The first-order valence-electron chi connectivity index (χ1n) is 4.33. The lowest BCUT2D eigenvalue weighted by atomic mass is 10.3. The number of hydrogen-bond acceptors (Lipinski definition) is 2. The van der Waals surface area contributed by atoms with Gasteiger partial charge in [-0.15, -0.1) is 0 Å². The Balaban J connectivity index is 2.78. The average Bonchev–Trinajstić information content (AvgIpc) is 2.21. The van der Waals surface area contributed by atoms with Gasteiger partial charge in [0.2, 0.25) is 0 Å². The Kier molecular flexibility index (Phi) is 3.27. The van der Waals surface area contributed by atoms with Crippen LogP contribution in [0.2, 0.25) is 0 Å². The van der Waals surface area contributed by atoms with Crippen LogP contribution in [0.5, 0.6) is 0 Å². The number of carbonyl (C=O) groups excluding carboxylic acids is 1. The van der Waals surface area contributed by atoms with Crippen LogP contribution in [-0.2, 0) is 0 Å². The molecule has 1 amide bonds. The van der Waals surface area contributed by atoms with Crippen molar-refractivity contribution >= 4 is 5.91 Å². The third-order valence-corrected chi connectivity index (χ3v) is 1.81. The molecule has 0 atom stereocenters. The van der Waals surface area contributed by atoms with Crippen LogP contribution in [0, 0.1) is 12.1 Å². The Labute approximate surface area is 78.4 Å². The van der Waals surface area contributed by atoms with Crippen LogP contribution >= 0.6 is 0 Å². The number of amides is 1. The summed E-state index contributed by atoms with van der Waals surface area (Å²) in [5.74, 6) is -0.0816. The van der Waals surface area contributed by atoms with Gasteiger partial charge in [-0.2, -0.15) is 0 Å². The molecule has 1 aromatic heterocycles. The van der Waals surface area contributed by atoms with Crippen LogP contribution < -0.4 is 0 Å². The molecule has 0 aromatic carbocycles. The Morgan fingerprint density at radius 1 is 1.54 bits per heavy atom. The van der Waals surface area contributed by atoms with Gasteiger partial charge in [-0.05, 0) is 19.9 Å². The molecule has 0 fully saturated rings. The zero-order valence-corrected chi connectivity index (χ0v) is 7.87. The van der Waals surface area contributed by atoms with Crippen LogP contribution in [0.15, 0.2) is 12.3 Å². The lowest BCUT2D eigenvalue weighted by Gasteiger charge is -2.16. The minimum absolute atomic E-state index is 0.0816. The highest BCUT2D eigenvalue weighted by Gasteiger charge is 2.12. The third kappa shape index (κ3) is 2.19. The molecule has 13 heavy (non-hydrogen) atoms. The fraction of sp³-hybridized carbons (Fsp3) is 0.400. The van der Waals surface area contributed by atoms with Crippen molar-refractivity contribution in [3.63, 3.8) is 0 Å². The number of aromatic nitrogens is 1. The first-order chi connectivity index (χ1) is 6.29. The molecule has 0 aliphatic heterocycles. The van der Waals surface area contributed by atoms with E-state index in [1.165, 1.54) is 0 Å². The highest BCUT2D eigenvalue weighted by atomic mass is 16.2. The van der Waals surface area contributed by atoms with Crippen molar-refractivity contribution in [1.29, 1.82) is 0 Å². The minimum atomic E-state index is -0.0816. The van der Waals surface area contributed by atoms with Gasteiger partial charge < -0.3 is 4.90 Å². The normalized spacial score (nSPS) is 9.08. The fourth-order valence-corrected chi connectivity index (χ4v) is 1.06. The topological polar surface area (TPSA) is 33.2 Å². The summed E-state index contributed by atoms with van der Waals surface area (Å²) in [5.41, 5.74) is 0.339. The van der Waals surface area contributed by atoms with E-state index in [9.17, 15) is 4.79 Å². The summed E-state index contributed by atoms with van der Waals surface area (Å²) >= 11 is 0. The monoisotopic (exact) mass is 176 g/mol. The molecule has 0 aliphatic carbocycles. The number of carbonyl (C=O) groups is 1. The third-order valence-electron chi connectivity index (χ3n) is 1.81. The van der Waals surface area contributed by atoms with Crippen LogP contribution in [0.25, 0.3) is 0 Å². The average molecular weight is 176 g/mol. The second-order valence-corrected chi connectivity index (χ2v) is 2.54. The van der Waals surface area contributed by atoms with Crippen LogP contribution in [0.1, 0.15) is 24.3 Å². The van der Waals surface area contributed by atoms with E-state index in [0.29, 0.717) is 18.8 Å². The standard InChI is InChI=1S/C10H12N2O/c1-3-12(4-2)10(13)9-7-5-6-8-11-9/h6,8H,3-4H2,1-2H3. The Bertz CT molecular complexity index is 268. The van der Waals surface area contributed by atoms with Crippen molar-refractivity contribution < 1.29 is 4.79 Å². The van der Waals surface area contributed by atoms with Gasteiger partial charge in [-0.25, -0.2) is 4.98 Å². The molecule has 1 rings (SSSR count). The van der Waals surface area contributed by atoms with Gasteiger partial charge in [0.15, 0.2) is 5.69 Å². The van der Waals surface area contributed by atoms with Crippen molar-refractivity contribution in [3.8, 4) is 0 Å². The summed E-state index contributed by atoms with van der Waals surface area (Å²) < 4.78 is 0. The summed E-state index contributed by atoms with van der Waals surface area (Å²) in [7, 11) is 0. The molecule has 68 valence electrons. The minimum Gasteiger partial charge on any atom is -0.337 e. The second-order valence-electron chi connectivity index (χ2n) is 2.54. The van der Waals surface area contributed by atoms with Gasteiger partial charge in [0.1, 0.15) is 0 Å². The van der Waals surface area contributed by atoms with E-state index in [1.807, 2.05) is 13.8 Å². The quantitative estimate of drug-likeness (QED) is 0.692. The predicted octanol–water partition coefficient (Wildman–Crippen LogP) is 1.16. The predicted molar refractivity (Wildman–Crippen MR) is 49.2 cm³/mol. The zero-order valence-electron chi connectivity index (χ0n) is 7.87. The van der Waals surface area contributed by atoms with Crippen LogP contribution in [0.4, 0.5) is 0 Å². The van der Waals surface area contributed by atoms with Gasteiger partial charge in [0.25, 0.3) is 5.91 Å². The maximum absolute atomic E-state index is 11.6. The maximum atomic E-state index is 11.6. The Morgan fingerprint density at radius 3 is 2.69 bits per heavy atom. The zero-order chi connectivity index (χ0) is 9.68. The van der Waals surface area contributed by atoms with Crippen molar-refractivity contribution in [1.82, 2.24) is 9.88 Å². The Morgan fingerprint density at radius 2 is 2.23 bits per heavy atom. The highest BCUT2D eigenvalue weighted by Crippen LogP contribution is 1.97. The van der Waals surface area contributed by atoms with Crippen molar-refractivity contribution in [2.75, 3.05) is 13.1 Å². The second kappa shape index (κ2) is 4.46. The van der Waals surface area contributed by atoms with Crippen LogP contribution in [-0.4, -0.2) is 28.9 Å². The van der Waals surface area contributed by atoms with Gasteiger partial charge in [0, 0.05) is 25.4 Å². The van der Waals surface area contributed by atoms with Gasteiger partial charge in [-0.1, -0.05) is 6.07 Å².